The molecule has 3 rings (SSSR count). The van der Waals surface area contributed by atoms with Gasteiger partial charge < -0.3 is 10.8 Å². The molecule has 1 spiro atoms. The molecule has 3 N–H and O–H groups in total. The lowest BCUT2D eigenvalue weighted by Crippen LogP contribution is -2.31. The van der Waals surface area contributed by atoms with Crippen molar-refractivity contribution in [2.24, 2.45) is 17.1 Å². The lowest BCUT2D eigenvalue weighted by Gasteiger charge is -2.32. The summed E-state index contributed by atoms with van der Waals surface area (Å²) in [5.41, 5.74) is 11.6. The van der Waals surface area contributed by atoms with Gasteiger partial charge in [-0.2, -0.15) is 11.8 Å². The van der Waals surface area contributed by atoms with Crippen LogP contribution in [-0.2, 0) is 9.59 Å². The fourth-order valence-corrected chi connectivity index (χ4v) is 5.19. The molecule has 0 saturated heterocycles. The molecule has 0 heterocycles. The molecule has 5 heteroatoms. The van der Waals surface area contributed by atoms with Crippen LogP contribution in [0.25, 0.3) is 0 Å². The normalized spacial score (nSPS) is 25.9. The van der Waals surface area contributed by atoms with Gasteiger partial charge in [-0.05, 0) is 61.7 Å². The molecule has 0 aliphatic heterocycles. The quantitative estimate of drug-likeness (QED) is 0.722. The number of ketones is 1. The minimum atomic E-state index is -0.947. The number of hydrogen-bond donors (Lipinski definition) is 2. The maximum absolute atomic E-state index is 12.8. The highest BCUT2D eigenvalue weighted by Crippen LogP contribution is 2.63. The SMILES string of the molecule is CC1=C(CSCCC(N)C(=O)O)C2=C(C)C3(CC3)[C@H](C)C(=O)C2=C1. The van der Waals surface area contributed by atoms with Gasteiger partial charge in [-0.15, -0.1) is 0 Å². The zero-order chi connectivity index (χ0) is 17.6. The first-order chi connectivity index (χ1) is 11.3. The van der Waals surface area contributed by atoms with Gasteiger partial charge >= 0.3 is 5.97 Å². The molecule has 0 radical (unpaired) electrons. The van der Waals surface area contributed by atoms with Crippen LogP contribution in [0, 0.1) is 11.3 Å². The van der Waals surface area contributed by atoms with E-state index >= 15 is 0 Å². The molecule has 0 aromatic heterocycles. The second kappa shape index (κ2) is 6.19. The second-order valence-corrected chi connectivity index (χ2v) is 8.35. The fraction of sp³-hybridized carbons (Fsp3) is 0.579. The number of allylic oxidation sites excluding steroid dienone is 5. The minimum absolute atomic E-state index is 0.0980. The van der Waals surface area contributed by atoms with Crippen LogP contribution < -0.4 is 5.73 Å². The van der Waals surface area contributed by atoms with E-state index in [0.29, 0.717) is 18.0 Å². The Bertz CT molecular complexity index is 697. The van der Waals surface area contributed by atoms with Crippen molar-refractivity contribution in [2.45, 2.75) is 46.1 Å². The van der Waals surface area contributed by atoms with Crippen LogP contribution in [0.1, 0.15) is 40.0 Å². The maximum Gasteiger partial charge on any atom is 0.320 e. The smallest absolute Gasteiger partial charge is 0.320 e. The van der Waals surface area contributed by atoms with Gasteiger partial charge in [-0.3, -0.25) is 9.59 Å². The first kappa shape index (κ1) is 17.5. The number of carbonyl (C=O) groups excluding carboxylic acids is 1. The molecule has 1 fully saturated rings. The summed E-state index contributed by atoms with van der Waals surface area (Å²) < 4.78 is 0. The maximum atomic E-state index is 12.8. The summed E-state index contributed by atoms with van der Waals surface area (Å²) in [7, 11) is 0. The number of carboxylic acid groups (broad SMARTS) is 1. The Hall–Kier alpha value is -1.33. The fourth-order valence-electron chi connectivity index (χ4n) is 4.05. The zero-order valence-corrected chi connectivity index (χ0v) is 15.3. The molecule has 3 aliphatic carbocycles. The molecule has 24 heavy (non-hydrogen) atoms. The Morgan fingerprint density at radius 1 is 1.46 bits per heavy atom. The molecule has 1 unspecified atom stereocenters. The van der Waals surface area contributed by atoms with Gasteiger partial charge in [-0.25, -0.2) is 0 Å². The van der Waals surface area contributed by atoms with E-state index in [-0.39, 0.29) is 11.3 Å². The van der Waals surface area contributed by atoms with Crippen LogP contribution in [0.3, 0.4) is 0 Å². The van der Waals surface area contributed by atoms with Crippen LogP contribution in [0.5, 0.6) is 0 Å². The number of thioether (sulfide) groups is 1. The van der Waals surface area contributed by atoms with Crippen molar-refractivity contribution in [2.75, 3.05) is 11.5 Å². The highest BCUT2D eigenvalue weighted by molar-refractivity contribution is 7.99. The Morgan fingerprint density at radius 3 is 2.71 bits per heavy atom. The van der Waals surface area contributed by atoms with Crippen molar-refractivity contribution in [1.82, 2.24) is 0 Å². The predicted molar refractivity (Wildman–Crippen MR) is 96.9 cm³/mol. The van der Waals surface area contributed by atoms with Crippen molar-refractivity contribution in [1.29, 1.82) is 0 Å². The van der Waals surface area contributed by atoms with E-state index in [9.17, 15) is 9.59 Å². The van der Waals surface area contributed by atoms with Gasteiger partial charge in [0.05, 0.1) is 0 Å². The number of hydrogen-bond acceptors (Lipinski definition) is 4. The molecule has 0 bridgehead atoms. The van der Waals surface area contributed by atoms with E-state index < -0.39 is 12.0 Å². The number of Topliss-reactive ketones (excluding diaryl/α,β-unsaturated/α-hetero) is 1. The number of carboxylic acids is 1. The average Bonchev–Trinajstić information content (AvgIpc) is 3.27. The third kappa shape index (κ3) is 2.68. The standard InChI is InChI=1S/C19H25NO3S/c1-10-8-13-16(11(2)19(5-6-19)12(3)17(13)21)14(10)9-24-7-4-15(20)18(22)23/h8,12,15H,4-7,9,20H2,1-3H3,(H,22,23)/t12-,15?/m1/s1. The van der Waals surface area contributed by atoms with E-state index in [2.05, 4.69) is 20.8 Å². The summed E-state index contributed by atoms with van der Waals surface area (Å²) in [6, 6.07) is -0.794. The average molecular weight is 347 g/mol. The Labute approximate surface area is 147 Å². The van der Waals surface area contributed by atoms with Gasteiger partial charge in [0, 0.05) is 22.7 Å². The molecular weight excluding hydrogens is 322 g/mol. The number of aliphatic carboxylic acids is 1. The molecule has 4 nitrogen and oxygen atoms in total. The predicted octanol–water partition coefficient (Wildman–Crippen LogP) is 3.09. The third-order valence-corrected chi connectivity index (χ3v) is 6.96. The molecule has 2 atom stereocenters. The van der Waals surface area contributed by atoms with E-state index in [1.165, 1.54) is 22.3 Å². The summed E-state index contributed by atoms with van der Waals surface area (Å²) in [6.07, 6.45) is 4.75. The van der Waals surface area contributed by atoms with Crippen LogP contribution >= 0.6 is 11.8 Å². The van der Waals surface area contributed by atoms with Gasteiger partial charge in [0.1, 0.15) is 6.04 Å². The minimum Gasteiger partial charge on any atom is -0.480 e. The van der Waals surface area contributed by atoms with E-state index in [1.54, 1.807) is 11.8 Å². The lowest BCUT2D eigenvalue weighted by atomic mass is 9.70. The molecular formula is C19H25NO3S. The lowest BCUT2D eigenvalue weighted by molar-refractivity contribution is -0.138. The summed E-state index contributed by atoms with van der Waals surface area (Å²) in [5.74, 6) is 0.961. The van der Waals surface area contributed by atoms with Gasteiger partial charge in [0.2, 0.25) is 0 Å². The van der Waals surface area contributed by atoms with E-state index in [0.717, 1.165) is 24.2 Å². The van der Waals surface area contributed by atoms with Crippen LogP contribution in [0.2, 0.25) is 0 Å². The Morgan fingerprint density at radius 2 is 2.12 bits per heavy atom. The van der Waals surface area contributed by atoms with Crippen molar-refractivity contribution >= 4 is 23.5 Å². The number of carbonyl (C=O) groups is 2. The van der Waals surface area contributed by atoms with Crippen molar-refractivity contribution in [3.05, 3.63) is 33.9 Å². The topological polar surface area (TPSA) is 80.4 Å². The summed E-state index contributed by atoms with van der Waals surface area (Å²) >= 11 is 1.70. The third-order valence-electron chi connectivity index (χ3n) is 5.94. The Kier molecular flexibility index (Phi) is 4.51. The van der Waals surface area contributed by atoms with Crippen LogP contribution in [0.15, 0.2) is 33.9 Å². The molecule has 3 aliphatic rings. The van der Waals surface area contributed by atoms with E-state index in [4.69, 9.17) is 10.8 Å². The molecule has 130 valence electrons. The van der Waals surface area contributed by atoms with Crippen molar-refractivity contribution in [3.8, 4) is 0 Å². The largest absolute Gasteiger partial charge is 0.480 e. The number of nitrogens with two attached hydrogens (primary N) is 1. The van der Waals surface area contributed by atoms with Crippen molar-refractivity contribution in [3.63, 3.8) is 0 Å². The molecule has 1 saturated carbocycles. The first-order valence-corrected chi connectivity index (χ1v) is 9.69. The number of rotatable bonds is 6. The highest BCUT2D eigenvalue weighted by Gasteiger charge is 2.56. The van der Waals surface area contributed by atoms with E-state index in [1.807, 2.05) is 6.08 Å². The highest BCUT2D eigenvalue weighted by atomic mass is 32.2. The summed E-state index contributed by atoms with van der Waals surface area (Å²) in [4.78, 5) is 23.6. The van der Waals surface area contributed by atoms with Crippen LogP contribution in [0.4, 0.5) is 0 Å². The van der Waals surface area contributed by atoms with Crippen LogP contribution in [-0.4, -0.2) is 34.4 Å². The monoisotopic (exact) mass is 347 g/mol. The molecule has 0 aromatic rings. The summed E-state index contributed by atoms with van der Waals surface area (Å²) in [5, 5.41) is 8.85. The number of fused-ring (bicyclic) bond motifs is 1. The molecule has 0 aromatic carbocycles. The van der Waals surface area contributed by atoms with Gasteiger partial charge in [-0.1, -0.05) is 12.5 Å². The summed E-state index contributed by atoms with van der Waals surface area (Å²) in [6.45, 7) is 6.34. The molecule has 0 amide bonds. The Balaban J connectivity index is 1.74. The first-order valence-electron chi connectivity index (χ1n) is 8.53. The second-order valence-electron chi connectivity index (χ2n) is 7.25. The van der Waals surface area contributed by atoms with Gasteiger partial charge in [0.15, 0.2) is 5.78 Å². The zero-order valence-electron chi connectivity index (χ0n) is 14.5. The van der Waals surface area contributed by atoms with Crippen molar-refractivity contribution < 1.29 is 14.7 Å². The van der Waals surface area contributed by atoms with Gasteiger partial charge in [0.25, 0.3) is 0 Å².